The summed E-state index contributed by atoms with van der Waals surface area (Å²) in [5.41, 5.74) is 5.44. The lowest BCUT2D eigenvalue weighted by molar-refractivity contribution is 0.1000. The van der Waals surface area contributed by atoms with Gasteiger partial charge in [0.2, 0.25) is 5.91 Å². The van der Waals surface area contributed by atoms with E-state index in [4.69, 9.17) is 26.8 Å². The molecule has 0 saturated heterocycles. The van der Waals surface area contributed by atoms with Gasteiger partial charge in [0.05, 0.1) is 18.7 Å². The Kier molecular flexibility index (Phi) is 3.80. The van der Waals surface area contributed by atoms with E-state index in [9.17, 15) is 4.79 Å². The number of amides is 1. The Morgan fingerprint density at radius 3 is 2.67 bits per heavy atom. The molecule has 0 heterocycles. The maximum Gasteiger partial charge on any atom is 0.248 e. The van der Waals surface area contributed by atoms with Crippen LogP contribution in [0.2, 0.25) is 5.02 Å². The van der Waals surface area contributed by atoms with Gasteiger partial charge in [-0.15, -0.1) is 0 Å². The van der Waals surface area contributed by atoms with Gasteiger partial charge >= 0.3 is 0 Å². The van der Waals surface area contributed by atoms with Crippen LogP contribution in [0.25, 0.3) is 0 Å². The van der Waals surface area contributed by atoms with Crippen molar-refractivity contribution >= 4 is 17.5 Å². The highest BCUT2D eigenvalue weighted by molar-refractivity contribution is 6.32. The Hall–Kier alpha value is -1.42. The van der Waals surface area contributed by atoms with E-state index in [0.29, 0.717) is 28.7 Å². The normalized spacial score (nSPS) is 9.80. The first-order valence-electron chi connectivity index (χ1n) is 4.40. The Balaban J connectivity index is 3.25. The minimum Gasteiger partial charge on any atom is -0.491 e. The lowest BCUT2D eigenvalue weighted by Crippen LogP contribution is -2.11. The predicted molar refractivity (Wildman–Crippen MR) is 57.7 cm³/mol. The zero-order valence-corrected chi connectivity index (χ0v) is 9.30. The van der Waals surface area contributed by atoms with Crippen molar-refractivity contribution in [1.29, 1.82) is 0 Å². The minimum atomic E-state index is -0.555. The number of carbonyl (C=O) groups is 1. The zero-order chi connectivity index (χ0) is 11.4. The summed E-state index contributed by atoms with van der Waals surface area (Å²) in [4.78, 5) is 11.0. The van der Waals surface area contributed by atoms with Crippen LogP contribution in [0.1, 0.15) is 17.3 Å². The number of hydrogen-bond acceptors (Lipinski definition) is 3. The zero-order valence-electron chi connectivity index (χ0n) is 8.54. The van der Waals surface area contributed by atoms with Crippen molar-refractivity contribution in [1.82, 2.24) is 0 Å². The number of ether oxygens (including phenoxy) is 2. The van der Waals surface area contributed by atoms with Gasteiger partial charge < -0.3 is 15.2 Å². The van der Waals surface area contributed by atoms with Crippen LogP contribution in [0.15, 0.2) is 12.1 Å². The second-order valence-electron chi connectivity index (χ2n) is 2.79. The van der Waals surface area contributed by atoms with Crippen molar-refractivity contribution in [3.63, 3.8) is 0 Å². The van der Waals surface area contributed by atoms with Gasteiger partial charge in [-0.05, 0) is 19.1 Å². The van der Waals surface area contributed by atoms with Crippen molar-refractivity contribution in [3.05, 3.63) is 22.7 Å². The fourth-order valence-corrected chi connectivity index (χ4v) is 1.46. The Morgan fingerprint density at radius 1 is 1.53 bits per heavy atom. The van der Waals surface area contributed by atoms with Gasteiger partial charge in [0.25, 0.3) is 0 Å². The van der Waals surface area contributed by atoms with E-state index in [1.165, 1.54) is 19.2 Å². The highest BCUT2D eigenvalue weighted by atomic mass is 35.5. The standard InChI is InChI=1S/C10H12ClNO3/c1-3-15-8-5-6(10(12)13)4-7(11)9(8)14-2/h4-5H,3H2,1-2H3,(H2,12,13). The lowest BCUT2D eigenvalue weighted by Gasteiger charge is -2.11. The van der Waals surface area contributed by atoms with Crippen LogP contribution in [0.3, 0.4) is 0 Å². The molecule has 0 radical (unpaired) electrons. The molecule has 0 spiro atoms. The molecule has 0 aliphatic rings. The molecule has 82 valence electrons. The fourth-order valence-electron chi connectivity index (χ4n) is 1.17. The van der Waals surface area contributed by atoms with Gasteiger partial charge in [-0.25, -0.2) is 0 Å². The molecule has 2 N–H and O–H groups in total. The Labute approximate surface area is 92.9 Å². The van der Waals surface area contributed by atoms with Crippen molar-refractivity contribution in [2.24, 2.45) is 5.73 Å². The molecule has 0 bridgehead atoms. The molecule has 1 aromatic carbocycles. The van der Waals surface area contributed by atoms with Crippen LogP contribution in [-0.2, 0) is 0 Å². The minimum absolute atomic E-state index is 0.296. The molecule has 5 heteroatoms. The van der Waals surface area contributed by atoms with Crippen molar-refractivity contribution in [3.8, 4) is 11.5 Å². The summed E-state index contributed by atoms with van der Waals surface area (Å²) in [6.07, 6.45) is 0. The maximum atomic E-state index is 11.0. The number of benzene rings is 1. The van der Waals surface area contributed by atoms with Crippen LogP contribution in [-0.4, -0.2) is 19.6 Å². The van der Waals surface area contributed by atoms with Gasteiger partial charge in [-0.2, -0.15) is 0 Å². The third-order valence-electron chi connectivity index (χ3n) is 1.80. The van der Waals surface area contributed by atoms with Gasteiger partial charge in [0.1, 0.15) is 0 Å². The highest BCUT2D eigenvalue weighted by Crippen LogP contribution is 2.36. The average molecular weight is 230 g/mol. The van der Waals surface area contributed by atoms with E-state index in [0.717, 1.165) is 0 Å². The molecule has 0 aliphatic carbocycles. The van der Waals surface area contributed by atoms with Gasteiger partial charge in [0, 0.05) is 5.56 Å². The van der Waals surface area contributed by atoms with Crippen LogP contribution in [0.5, 0.6) is 11.5 Å². The molecule has 4 nitrogen and oxygen atoms in total. The van der Waals surface area contributed by atoms with E-state index >= 15 is 0 Å². The summed E-state index contributed by atoms with van der Waals surface area (Å²) < 4.78 is 10.3. The summed E-state index contributed by atoms with van der Waals surface area (Å²) in [5, 5.41) is 0.303. The Morgan fingerprint density at radius 2 is 2.20 bits per heavy atom. The van der Waals surface area contributed by atoms with Gasteiger partial charge in [-0.3, -0.25) is 4.79 Å². The molecule has 1 rings (SSSR count). The quantitative estimate of drug-likeness (QED) is 0.857. The molecule has 0 aliphatic heterocycles. The summed E-state index contributed by atoms with van der Waals surface area (Å²) in [6, 6.07) is 2.96. The molecular weight excluding hydrogens is 218 g/mol. The second-order valence-corrected chi connectivity index (χ2v) is 3.19. The topological polar surface area (TPSA) is 61.5 Å². The monoisotopic (exact) mass is 229 g/mol. The number of rotatable bonds is 4. The molecule has 1 amide bonds. The van der Waals surface area contributed by atoms with Crippen LogP contribution >= 0.6 is 11.6 Å². The number of methoxy groups -OCH3 is 1. The lowest BCUT2D eigenvalue weighted by atomic mass is 10.2. The van der Waals surface area contributed by atoms with Gasteiger partial charge in [-0.1, -0.05) is 11.6 Å². The fraction of sp³-hybridized carbons (Fsp3) is 0.300. The molecule has 0 unspecified atom stereocenters. The molecular formula is C10H12ClNO3. The number of primary amides is 1. The van der Waals surface area contributed by atoms with E-state index in [1.54, 1.807) is 0 Å². The van der Waals surface area contributed by atoms with Gasteiger partial charge in [0.15, 0.2) is 11.5 Å². The van der Waals surface area contributed by atoms with Crippen molar-refractivity contribution in [2.45, 2.75) is 6.92 Å². The summed E-state index contributed by atoms with van der Waals surface area (Å²) in [6.45, 7) is 2.28. The van der Waals surface area contributed by atoms with E-state index in [1.807, 2.05) is 6.92 Å². The maximum absolute atomic E-state index is 11.0. The van der Waals surface area contributed by atoms with Crippen LogP contribution in [0.4, 0.5) is 0 Å². The molecule has 15 heavy (non-hydrogen) atoms. The van der Waals surface area contributed by atoms with Crippen molar-refractivity contribution in [2.75, 3.05) is 13.7 Å². The summed E-state index contributed by atoms with van der Waals surface area (Å²) >= 11 is 5.90. The SMILES string of the molecule is CCOc1cc(C(N)=O)cc(Cl)c1OC. The molecule has 0 saturated carbocycles. The third kappa shape index (κ3) is 2.53. The first kappa shape index (κ1) is 11.7. The first-order valence-corrected chi connectivity index (χ1v) is 4.78. The summed E-state index contributed by atoms with van der Waals surface area (Å²) in [7, 11) is 1.48. The number of hydrogen-bond donors (Lipinski definition) is 1. The number of nitrogens with two attached hydrogens (primary N) is 1. The predicted octanol–water partition coefficient (Wildman–Crippen LogP) is 1.85. The van der Waals surface area contributed by atoms with E-state index in [2.05, 4.69) is 0 Å². The van der Waals surface area contributed by atoms with Crippen LogP contribution in [0, 0.1) is 0 Å². The third-order valence-corrected chi connectivity index (χ3v) is 2.08. The van der Waals surface area contributed by atoms with E-state index < -0.39 is 5.91 Å². The smallest absolute Gasteiger partial charge is 0.248 e. The Bertz CT molecular complexity index is 379. The first-order chi connectivity index (χ1) is 7.10. The summed E-state index contributed by atoms with van der Waals surface area (Å²) in [5.74, 6) is 0.269. The highest BCUT2D eigenvalue weighted by Gasteiger charge is 2.13. The molecule has 1 aromatic rings. The van der Waals surface area contributed by atoms with Crippen LogP contribution < -0.4 is 15.2 Å². The van der Waals surface area contributed by atoms with Crippen molar-refractivity contribution < 1.29 is 14.3 Å². The molecule has 0 aromatic heterocycles. The largest absolute Gasteiger partial charge is 0.491 e. The van der Waals surface area contributed by atoms with E-state index in [-0.39, 0.29) is 0 Å². The molecule has 0 fully saturated rings. The average Bonchev–Trinajstić information content (AvgIpc) is 2.17. The second kappa shape index (κ2) is 4.89. The number of halogens is 1. The molecule has 0 atom stereocenters. The number of carbonyl (C=O) groups excluding carboxylic acids is 1.